The number of hydrogen-bond donors (Lipinski definition) is 2. The van der Waals surface area contributed by atoms with Crippen molar-refractivity contribution in [2.75, 3.05) is 5.73 Å². The topological polar surface area (TPSA) is 90.0 Å². The minimum Gasteiger partial charge on any atom is -0.381 e. The number of nitrogens with one attached hydrogen (secondary N) is 1. The number of hydrogen-bond acceptors (Lipinski definition) is 4. The van der Waals surface area contributed by atoms with E-state index in [0.29, 0.717) is 11.8 Å². The first kappa shape index (κ1) is 13.4. The Kier molecular flexibility index (Phi) is 3.37. The van der Waals surface area contributed by atoms with E-state index >= 15 is 0 Å². The van der Waals surface area contributed by atoms with Crippen molar-refractivity contribution in [2.24, 2.45) is 18.9 Å². The number of nitrogens with two attached hydrogens (primary N) is 1. The van der Waals surface area contributed by atoms with Crippen molar-refractivity contribution in [2.45, 2.75) is 37.6 Å². The molecule has 1 aromatic rings. The normalized spacial score (nSPS) is 28.7. The molecule has 3 unspecified atom stereocenters. The van der Waals surface area contributed by atoms with Crippen LogP contribution in [0, 0.1) is 11.8 Å². The highest BCUT2D eigenvalue weighted by molar-refractivity contribution is 7.89. The Hall–Kier alpha value is -1.08. The van der Waals surface area contributed by atoms with Crippen molar-refractivity contribution < 1.29 is 8.42 Å². The van der Waals surface area contributed by atoms with Gasteiger partial charge in [-0.05, 0) is 24.7 Å². The van der Waals surface area contributed by atoms with Gasteiger partial charge in [0, 0.05) is 19.3 Å². The summed E-state index contributed by atoms with van der Waals surface area (Å²) < 4.78 is 28.6. The molecular weight excluding hydrogens is 252 g/mol. The van der Waals surface area contributed by atoms with Crippen LogP contribution in [-0.2, 0) is 17.1 Å². The minimum atomic E-state index is -3.57. The molecule has 7 heteroatoms. The smallest absolute Gasteiger partial charge is 0.246 e. The Morgan fingerprint density at radius 3 is 2.56 bits per heavy atom. The summed E-state index contributed by atoms with van der Waals surface area (Å²) in [5, 5.41) is 3.86. The Labute approximate surface area is 108 Å². The fourth-order valence-electron chi connectivity index (χ4n) is 2.48. The number of nitrogens with zero attached hydrogens (tertiary/aromatic N) is 2. The van der Waals surface area contributed by atoms with Crippen LogP contribution in [0.1, 0.15) is 26.7 Å². The highest BCUT2D eigenvalue weighted by atomic mass is 32.2. The van der Waals surface area contributed by atoms with E-state index in [9.17, 15) is 8.42 Å². The molecular formula is C11H20N4O2S. The van der Waals surface area contributed by atoms with E-state index in [1.165, 1.54) is 10.9 Å². The van der Waals surface area contributed by atoms with Crippen molar-refractivity contribution in [3.63, 3.8) is 0 Å². The van der Waals surface area contributed by atoms with Gasteiger partial charge < -0.3 is 5.73 Å². The number of aryl methyl sites for hydroxylation is 1. The maximum Gasteiger partial charge on any atom is 0.246 e. The second kappa shape index (κ2) is 4.55. The number of aromatic nitrogens is 2. The van der Waals surface area contributed by atoms with Gasteiger partial charge >= 0.3 is 0 Å². The molecule has 3 N–H and O–H groups in total. The molecule has 0 aliphatic heterocycles. The van der Waals surface area contributed by atoms with Gasteiger partial charge in [0.05, 0.1) is 0 Å². The van der Waals surface area contributed by atoms with Crippen LogP contribution in [0.4, 0.5) is 5.82 Å². The van der Waals surface area contributed by atoms with Crippen LogP contribution < -0.4 is 10.5 Å². The molecule has 6 nitrogen and oxygen atoms in total. The van der Waals surface area contributed by atoms with E-state index in [4.69, 9.17) is 5.73 Å². The summed E-state index contributed by atoms with van der Waals surface area (Å²) in [5.74, 6) is 0.935. The van der Waals surface area contributed by atoms with E-state index < -0.39 is 10.0 Å². The molecule has 1 heterocycles. The van der Waals surface area contributed by atoms with Crippen LogP contribution in [0.15, 0.2) is 11.1 Å². The molecule has 2 rings (SSSR count). The van der Waals surface area contributed by atoms with E-state index in [2.05, 4.69) is 23.7 Å². The van der Waals surface area contributed by atoms with Gasteiger partial charge in [0.15, 0.2) is 5.82 Å². The molecule has 1 fully saturated rings. The SMILES string of the molecule is CC1CCC(NS(=O)(=O)c2cn(C)nc2N)C1C. The third-order valence-corrected chi connectivity index (χ3v) is 5.39. The van der Waals surface area contributed by atoms with Crippen LogP contribution in [0.25, 0.3) is 0 Å². The van der Waals surface area contributed by atoms with Crippen LogP contribution in [0.2, 0.25) is 0 Å². The number of rotatable bonds is 3. The first-order valence-electron chi connectivity index (χ1n) is 6.12. The quantitative estimate of drug-likeness (QED) is 0.848. The van der Waals surface area contributed by atoms with Gasteiger partial charge in [-0.3, -0.25) is 4.68 Å². The lowest BCUT2D eigenvalue weighted by Crippen LogP contribution is -2.37. The summed E-state index contributed by atoms with van der Waals surface area (Å²) in [6, 6.07) is -0.00962. The molecule has 1 aromatic heterocycles. The molecule has 1 saturated carbocycles. The van der Waals surface area contributed by atoms with Gasteiger partial charge in [-0.1, -0.05) is 13.8 Å². The summed E-state index contributed by atoms with van der Waals surface area (Å²) in [4.78, 5) is 0.0664. The number of nitrogen functional groups attached to an aromatic ring is 1. The molecule has 0 spiro atoms. The van der Waals surface area contributed by atoms with Gasteiger partial charge in [-0.15, -0.1) is 0 Å². The summed E-state index contributed by atoms with van der Waals surface area (Å²) in [7, 11) is -1.92. The monoisotopic (exact) mass is 272 g/mol. The molecule has 1 aliphatic carbocycles. The van der Waals surface area contributed by atoms with Crippen molar-refractivity contribution in [3.05, 3.63) is 6.20 Å². The Balaban J connectivity index is 2.20. The van der Waals surface area contributed by atoms with Gasteiger partial charge in [-0.2, -0.15) is 5.10 Å². The second-order valence-electron chi connectivity index (χ2n) is 5.19. The largest absolute Gasteiger partial charge is 0.381 e. The zero-order chi connectivity index (χ0) is 13.5. The summed E-state index contributed by atoms with van der Waals surface area (Å²) >= 11 is 0. The van der Waals surface area contributed by atoms with E-state index in [0.717, 1.165) is 12.8 Å². The summed E-state index contributed by atoms with van der Waals surface area (Å²) in [5.41, 5.74) is 5.61. The fourth-order valence-corrected chi connectivity index (χ4v) is 3.95. The van der Waals surface area contributed by atoms with Crippen molar-refractivity contribution >= 4 is 15.8 Å². The molecule has 102 valence electrons. The average molecular weight is 272 g/mol. The lowest BCUT2D eigenvalue weighted by molar-refractivity contribution is 0.402. The molecule has 3 atom stereocenters. The lowest BCUT2D eigenvalue weighted by Gasteiger charge is -2.19. The third kappa shape index (κ3) is 2.37. The highest BCUT2D eigenvalue weighted by Crippen LogP contribution is 2.32. The Bertz CT molecular complexity index is 537. The van der Waals surface area contributed by atoms with Crippen LogP contribution in [0.3, 0.4) is 0 Å². The standard InChI is InChI=1S/C11H20N4O2S/c1-7-4-5-9(8(7)2)14-18(16,17)10-6-15(3)13-11(10)12/h6-9,14H,4-5H2,1-3H3,(H2,12,13). The molecule has 0 amide bonds. The van der Waals surface area contributed by atoms with Crippen LogP contribution >= 0.6 is 0 Å². The molecule has 0 aromatic carbocycles. The lowest BCUT2D eigenvalue weighted by atomic mass is 9.98. The maximum absolute atomic E-state index is 12.2. The summed E-state index contributed by atoms with van der Waals surface area (Å²) in [6.07, 6.45) is 3.36. The molecule has 18 heavy (non-hydrogen) atoms. The van der Waals surface area contributed by atoms with E-state index in [-0.39, 0.29) is 16.8 Å². The number of anilines is 1. The van der Waals surface area contributed by atoms with Gasteiger partial charge in [0.25, 0.3) is 0 Å². The molecule has 0 saturated heterocycles. The Morgan fingerprint density at radius 2 is 2.11 bits per heavy atom. The first-order chi connectivity index (χ1) is 8.31. The fraction of sp³-hybridized carbons (Fsp3) is 0.727. The average Bonchev–Trinajstić information content (AvgIpc) is 2.75. The van der Waals surface area contributed by atoms with Crippen molar-refractivity contribution in [3.8, 4) is 0 Å². The maximum atomic E-state index is 12.2. The van der Waals surface area contributed by atoms with E-state index in [1.54, 1.807) is 7.05 Å². The highest BCUT2D eigenvalue weighted by Gasteiger charge is 2.34. The van der Waals surface area contributed by atoms with Gasteiger partial charge in [-0.25, -0.2) is 13.1 Å². The van der Waals surface area contributed by atoms with Crippen LogP contribution in [0.5, 0.6) is 0 Å². The summed E-state index contributed by atoms with van der Waals surface area (Å²) in [6.45, 7) is 4.23. The molecule has 0 radical (unpaired) electrons. The minimum absolute atomic E-state index is 0.00962. The number of sulfonamides is 1. The second-order valence-corrected chi connectivity index (χ2v) is 6.88. The zero-order valence-electron chi connectivity index (χ0n) is 10.9. The molecule has 0 bridgehead atoms. The van der Waals surface area contributed by atoms with Crippen LogP contribution in [-0.4, -0.2) is 24.2 Å². The Morgan fingerprint density at radius 1 is 1.44 bits per heavy atom. The van der Waals surface area contributed by atoms with Gasteiger partial charge in [0.2, 0.25) is 10.0 Å². The predicted octanol–water partition coefficient (Wildman–Crippen LogP) is 0.715. The third-order valence-electron chi connectivity index (χ3n) is 3.88. The van der Waals surface area contributed by atoms with Crippen molar-refractivity contribution in [1.82, 2.24) is 14.5 Å². The zero-order valence-corrected chi connectivity index (χ0v) is 11.7. The van der Waals surface area contributed by atoms with Gasteiger partial charge in [0.1, 0.15) is 4.90 Å². The van der Waals surface area contributed by atoms with Crippen molar-refractivity contribution in [1.29, 1.82) is 0 Å². The molecule has 1 aliphatic rings. The predicted molar refractivity (Wildman–Crippen MR) is 69.3 cm³/mol. The van der Waals surface area contributed by atoms with E-state index in [1.807, 2.05) is 0 Å². The first-order valence-corrected chi connectivity index (χ1v) is 7.61.